The second kappa shape index (κ2) is 7.20. The minimum Gasteiger partial charge on any atom is -0.381 e. The van der Waals surface area contributed by atoms with Crippen molar-refractivity contribution in [3.63, 3.8) is 0 Å². The van der Waals surface area contributed by atoms with E-state index in [4.69, 9.17) is 9.72 Å². The zero-order valence-corrected chi connectivity index (χ0v) is 16.1. The summed E-state index contributed by atoms with van der Waals surface area (Å²) in [5, 5.41) is 1.16. The van der Waals surface area contributed by atoms with Crippen LogP contribution in [0.5, 0.6) is 0 Å². The largest absolute Gasteiger partial charge is 0.381 e. The number of carbonyl (C=O) groups excluding carboxylic acids is 1. The normalized spacial score (nSPS) is 25.9. The van der Waals surface area contributed by atoms with Crippen molar-refractivity contribution in [1.82, 2.24) is 19.9 Å². The van der Waals surface area contributed by atoms with Crippen LogP contribution in [0.4, 0.5) is 5.82 Å². The highest BCUT2D eigenvalue weighted by Crippen LogP contribution is 2.40. The Kier molecular flexibility index (Phi) is 4.55. The zero-order valence-electron chi connectivity index (χ0n) is 16.1. The zero-order chi connectivity index (χ0) is 19.1. The summed E-state index contributed by atoms with van der Waals surface area (Å²) in [6, 6.07) is 0.558. The Morgan fingerprint density at radius 1 is 1.18 bits per heavy atom. The van der Waals surface area contributed by atoms with Crippen LogP contribution in [0.1, 0.15) is 43.6 Å². The lowest BCUT2D eigenvalue weighted by molar-refractivity contribution is -0.127. The molecule has 2 aromatic rings. The van der Waals surface area contributed by atoms with Gasteiger partial charge >= 0.3 is 0 Å². The summed E-state index contributed by atoms with van der Waals surface area (Å²) in [6.07, 6.45) is 10.4. The first-order valence-electron chi connectivity index (χ1n) is 10.4. The number of H-pyrrole nitrogens is 1. The number of aromatic nitrogens is 3. The topological polar surface area (TPSA) is 74.4 Å². The van der Waals surface area contributed by atoms with Gasteiger partial charge in [-0.2, -0.15) is 0 Å². The Hall–Kier alpha value is -2.41. The first-order chi connectivity index (χ1) is 13.8. The molecule has 3 fully saturated rings. The van der Waals surface area contributed by atoms with Gasteiger partial charge in [0.15, 0.2) is 0 Å². The number of ether oxygens (including phenoxy) is 1. The molecule has 3 saturated heterocycles. The average molecular weight is 381 g/mol. The van der Waals surface area contributed by atoms with E-state index in [2.05, 4.69) is 27.6 Å². The molecule has 1 amide bonds. The highest BCUT2D eigenvalue weighted by molar-refractivity contribution is 5.92. The van der Waals surface area contributed by atoms with E-state index in [9.17, 15) is 4.79 Å². The first-order valence-corrected chi connectivity index (χ1v) is 10.4. The van der Waals surface area contributed by atoms with Crippen LogP contribution in [0.2, 0.25) is 0 Å². The van der Waals surface area contributed by atoms with Gasteiger partial charge in [-0.25, -0.2) is 9.97 Å². The van der Waals surface area contributed by atoms with Gasteiger partial charge in [0.1, 0.15) is 17.8 Å². The lowest BCUT2D eigenvalue weighted by atomic mass is 9.91. The van der Waals surface area contributed by atoms with Crippen LogP contribution in [-0.2, 0) is 9.53 Å². The maximum Gasteiger partial charge on any atom is 0.246 e. The third kappa shape index (κ3) is 2.80. The van der Waals surface area contributed by atoms with Gasteiger partial charge in [-0.1, -0.05) is 6.58 Å². The number of piperidine rings is 1. The monoisotopic (exact) mass is 381 g/mol. The number of carbonyl (C=O) groups is 1. The molecule has 7 heteroatoms. The Morgan fingerprint density at radius 3 is 2.86 bits per heavy atom. The minimum absolute atomic E-state index is 0.0479. The molecule has 0 spiro atoms. The lowest BCUT2D eigenvalue weighted by Gasteiger charge is -2.40. The molecule has 0 bridgehead atoms. The van der Waals surface area contributed by atoms with Gasteiger partial charge in [0.05, 0.1) is 17.5 Å². The van der Waals surface area contributed by atoms with Crippen molar-refractivity contribution < 1.29 is 9.53 Å². The Morgan fingerprint density at radius 2 is 2.04 bits per heavy atom. The van der Waals surface area contributed by atoms with Crippen LogP contribution in [0.15, 0.2) is 25.2 Å². The predicted molar refractivity (Wildman–Crippen MR) is 107 cm³/mol. The van der Waals surface area contributed by atoms with Crippen molar-refractivity contribution in [3.8, 4) is 0 Å². The number of likely N-dealkylation sites (tertiary alicyclic amines) is 1. The molecule has 5 rings (SSSR count). The van der Waals surface area contributed by atoms with E-state index in [1.807, 2.05) is 4.90 Å². The van der Waals surface area contributed by atoms with E-state index in [1.165, 1.54) is 11.6 Å². The molecule has 0 aliphatic carbocycles. The first kappa shape index (κ1) is 17.7. The molecular formula is C21H27N5O2. The molecule has 3 aliphatic heterocycles. The Balaban J connectivity index is 1.53. The Bertz CT molecular complexity index is 888. The van der Waals surface area contributed by atoms with E-state index in [-0.39, 0.29) is 11.9 Å². The van der Waals surface area contributed by atoms with E-state index in [0.717, 1.165) is 75.3 Å². The number of hydrogen-bond acceptors (Lipinski definition) is 5. The van der Waals surface area contributed by atoms with Crippen LogP contribution in [0.25, 0.3) is 11.0 Å². The second-order valence-corrected chi connectivity index (χ2v) is 8.05. The summed E-state index contributed by atoms with van der Waals surface area (Å²) >= 11 is 0. The van der Waals surface area contributed by atoms with E-state index < -0.39 is 0 Å². The maximum atomic E-state index is 12.3. The lowest BCUT2D eigenvalue weighted by Crippen LogP contribution is -2.51. The predicted octanol–water partition coefficient (Wildman–Crippen LogP) is 2.61. The highest BCUT2D eigenvalue weighted by Gasteiger charge is 2.42. The minimum atomic E-state index is 0.0479. The molecule has 148 valence electrons. The molecular weight excluding hydrogens is 354 g/mol. The molecule has 7 nitrogen and oxygen atoms in total. The number of nitrogens with one attached hydrogen (secondary N) is 1. The van der Waals surface area contributed by atoms with Crippen LogP contribution >= 0.6 is 0 Å². The molecule has 0 aromatic carbocycles. The number of anilines is 1. The van der Waals surface area contributed by atoms with Gasteiger partial charge in [-0.15, -0.1) is 0 Å². The molecule has 0 unspecified atom stereocenters. The average Bonchev–Trinajstić information content (AvgIpc) is 3.38. The van der Waals surface area contributed by atoms with Gasteiger partial charge in [-0.05, 0) is 49.7 Å². The van der Waals surface area contributed by atoms with E-state index in [0.29, 0.717) is 12.0 Å². The van der Waals surface area contributed by atoms with Gasteiger partial charge < -0.3 is 19.5 Å². The van der Waals surface area contributed by atoms with Crippen molar-refractivity contribution >= 4 is 22.8 Å². The van der Waals surface area contributed by atoms with Crippen LogP contribution in [0, 0.1) is 0 Å². The number of nitrogens with zero attached hydrogens (tertiary/aromatic N) is 4. The molecule has 0 radical (unpaired) electrons. The molecule has 5 heterocycles. The summed E-state index contributed by atoms with van der Waals surface area (Å²) in [5.74, 6) is 1.55. The maximum absolute atomic E-state index is 12.3. The van der Waals surface area contributed by atoms with Gasteiger partial charge in [0, 0.05) is 32.5 Å². The third-order valence-electron chi connectivity index (χ3n) is 6.68. The fraction of sp³-hybridized carbons (Fsp3) is 0.571. The van der Waals surface area contributed by atoms with E-state index >= 15 is 0 Å². The molecule has 28 heavy (non-hydrogen) atoms. The van der Waals surface area contributed by atoms with Gasteiger partial charge in [0.25, 0.3) is 0 Å². The van der Waals surface area contributed by atoms with Crippen molar-refractivity contribution in [2.24, 2.45) is 0 Å². The van der Waals surface area contributed by atoms with Crippen molar-refractivity contribution in [2.75, 3.05) is 31.2 Å². The SMILES string of the molecule is C=CC(=O)N1CC[C@@H]2[C@H]1CCCN2c1ncnc2[nH]cc(C3CCOCC3)c12. The van der Waals surface area contributed by atoms with Crippen LogP contribution in [0.3, 0.4) is 0 Å². The van der Waals surface area contributed by atoms with Gasteiger partial charge in [-0.3, -0.25) is 4.79 Å². The van der Waals surface area contributed by atoms with Crippen LogP contribution < -0.4 is 4.90 Å². The number of aromatic amines is 1. The number of hydrogen-bond donors (Lipinski definition) is 1. The molecule has 3 aliphatic rings. The van der Waals surface area contributed by atoms with Crippen molar-refractivity contribution in [1.29, 1.82) is 0 Å². The fourth-order valence-corrected chi connectivity index (χ4v) is 5.36. The van der Waals surface area contributed by atoms with E-state index in [1.54, 1.807) is 6.33 Å². The van der Waals surface area contributed by atoms with Crippen molar-refractivity contribution in [3.05, 3.63) is 30.7 Å². The van der Waals surface area contributed by atoms with Gasteiger partial charge in [0.2, 0.25) is 5.91 Å². The van der Waals surface area contributed by atoms with Crippen molar-refractivity contribution in [2.45, 2.75) is 50.1 Å². The number of amides is 1. The summed E-state index contributed by atoms with van der Waals surface area (Å²) in [7, 11) is 0. The molecule has 1 N–H and O–H groups in total. The number of rotatable bonds is 3. The smallest absolute Gasteiger partial charge is 0.246 e. The highest BCUT2D eigenvalue weighted by atomic mass is 16.5. The standard InChI is InChI=1S/C21H27N5O2/c1-2-18(27)25-9-5-17-16(25)4-3-8-26(17)21-19-15(14-6-10-28-11-7-14)12-22-20(19)23-13-24-21/h2,12-14,16-17H,1,3-11H2,(H,22,23,24)/t16-,17-/m1/s1. The quantitative estimate of drug-likeness (QED) is 0.828. The Labute approximate surface area is 164 Å². The second-order valence-electron chi connectivity index (χ2n) is 8.05. The third-order valence-corrected chi connectivity index (χ3v) is 6.68. The molecule has 2 aromatic heterocycles. The molecule has 0 saturated carbocycles. The summed E-state index contributed by atoms with van der Waals surface area (Å²) < 4.78 is 5.56. The van der Waals surface area contributed by atoms with Crippen LogP contribution in [-0.4, -0.2) is 64.1 Å². The number of fused-ring (bicyclic) bond motifs is 2. The molecule has 2 atom stereocenters. The summed E-state index contributed by atoms with van der Waals surface area (Å²) in [4.78, 5) is 29.3. The summed E-state index contributed by atoms with van der Waals surface area (Å²) in [6.45, 7) is 7.07. The fourth-order valence-electron chi connectivity index (χ4n) is 5.36. The summed E-state index contributed by atoms with van der Waals surface area (Å²) in [5.41, 5.74) is 2.22.